The Morgan fingerprint density at radius 3 is 2.55 bits per heavy atom. The first-order chi connectivity index (χ1) is 14.0. The quantitative estimate of drug-likeness (QED) is 0.849. The Labute approximate surface area is 174 Å². The van der Waals surface area contributed by atoms with Gasteiger partial charge in [0.1, 0.15) is 0 Å². The lowest BCUT2D eigenvalue weighted by Crippen LogP contribution is -2.48. The van der Waals surface area contributed by atoms with Gasteiger partial charge in [-0.05, 0) is 49.2 Å². The van der Waals surface area contributed by atoms with Crippen LogP contribution in [-0.4, -0.2) is 69.1 Å². The third-order valence-corrected chi connectivity index (χ3v) is 6.44. The number of nitrogens with zero attached hydrogens (tertiary/aromatic N) is 3. The molecule has 0 aromatic heterocycles. The minimum atomic E-state index is 0.0168. The first-order valence-corrected chi connectivity index (χ1v) is 10.6. The van der Waals surface area contributed by atoms with Gasteiger partial charge in [0.25, 0.3) is 5.91 Å². The zero-order chi connectivity index (χ0) is 20.4. The predicted molar refractivity (Wildman–Crippen MR) is 119 cm³/mol. The molecule has 0 unspecified atom stereocenters. The Bertz CT molecular complexity index is 873. The topological polar surface area (TPSA) is 38.8 Å². The number of carbonyl (C=O) groups is 1. The molecule has 0 radical (unpaired) electrons. The third-order valence-electron chi connectivity index (χ3n) is 6.44. The van der Waals surface area contributed by atoms with Crippen LogP contribution in [0, 0.1) is 6.92 Å². The summed E-state index contributed by atoms with van der Waals surface area (Å²) in [6.45, 7) is 7.89. The molecule has 1 atom stereocenters. The molecule has 154 valence electrons. The number of rotatable bonds is 5. The molecule has 2 aliphatic rings. The molecular formula is C24H32N4O. The zero-order valence-electron chi connectivity index (χ0n) is 17.8. The van der Waals surface area contributed by atoms with Gasteiger partial charge >= 0.3 is 0 Å². The molecule has 1 N–H and O–H groups in total. The molecule has 1 saturated heterocycles. The number of fused-ring (bicyclic) bond motifs is 1. The van der Waals surface area contributed by atoms with Crippen molar-refractivity contribution in [2.24, 2.45) is 0 Å². The van der Waals surface area contributed by atoms with Crippen LogP contribution in [0.2, 0.25) is 0 Å². The first-order valence-electron chi connectivity index (χ1n) is 10.6. The van der Waals surface area contributed by atoms with Gasteiger partial charge in [0.05, 0.1) is 6.04 Å². The van der Waals surface area contributed by atoms with Gasteiger partial charge in [0.2, 0.25) is 0 Å². The molecular weight excluding hydrogens is 360 g/mol. The van der Waals surface area contributed by atoms with Gasteiger partial charge in [-0.3, -0.25) is 9.69 Å². The SMILES string of the molecule is Cc1ccccc1C(=O)NC[C@@H](c1ccc2c(c1)CCN2C)N1CCN(C)CC1. The van der Waals surface area contributed by atoms with Crippen molar-refractivity contribution in [3.8, 4) is 0 Å². The van der Waals surface area contributed by atoms with E-state index in [4.69, 9.17) is 0 Å². The first kappa shape index (κ1) is 19.9. The van der Waals surface area contributed by atoms with Gasteiger partial charge in [-0.15, -0.1) is 0 Å². The molecule has 5 heteroatoms. The van der Waals surface area contributed by atoms with Crippen molar-refractivity contribution in [3.05, 3.63) is 64.7 Å². The van der Waals surface area contributed by atoms with E-state index in [9.17, 15) is 4.79 Å². The van der Waals surface area contributed by atoms with Gasteiger partial charge in [-0.25, -0.2) is 0 Å². The second-order valence-electron chi connectivity index (χ2n) is 8.44. The molecule has 29 heavy (non-hydrogen) atoms. The number of carbonyl (C=O) groups excluding carboxylic acids is 1. The largest absolute Gasteiger partial charge is 0.374 e. The van der Waals surface area contributed by atoms with Crippen LogP contribution < -0.4 is 10.2 Å². The Morgan fingerprint density at radius 1 is 1.03 bits per heavy atom. The third kappa shape index (κ3) is 4.31. The lowest BCUT2D eigenvalue weighted by molar-refractivity contribution is 0.0885. The van der Waals surface area contributed by atoms with Crippen molar-refractivity contribution >= 4 is 11.6 Å². The number of amides is 1. The molecule has 1 fully saturated rings. The van der Waals surface area contributed by atoms with Gasteiger partial charge in [-0.2, -0.15) is 0 Å². The fourth-order valence-electron chi connectivity index (χ4n) is 4.50. The van der Waals surface area contributed by atoms with Crippen molar-refractivity contribution in [3.63, 3.8) is 0 Å². The van der Waals surface area contributed by atoms with E-state index in [0.29, 0.717) is 6.54 Å². The predicted octanol–water partition coefficient (Wildman–Crippen LogP) is 2.71. The molecule has 2 aliphatic heterocycles. The molecule has 4 rings (SSSR count). The van der Waals surface area contributed by atoms with Crippen LogP contribution in [0.1, 0.15) is 33.1 Å². The van der Waals surface area contributed by atoms with E-state index in [1.165, 1.54) is 16.8 Å². The Kier molecular flexibility index (Phi) is 5.88. The summed E-state index contributed by atoms with van der Waals surface area (Å²) in [4.78, 5) is 20.0. The molecule has 0 saturated carbocycles. The number of benzene rings is 2. The second-order valence-corrected chi connectivity index (χ2v) is 8.44. The van der Waals surface area contributed by atoms with Crippen LogP contribution >= 0.6 is 0 Å². The molecule has 1 amide bonds. The Hall–Kier alpha value is -2.37. The fraction of sp³-hybridized carbons (Fsp3) is 0.458. The molecule has 2 heterocycles. The summed E-state index contributed by atoms with van der Waals surface area (Å²) in [7, 11) is 4.34. The van der Waals surface area contributed by atoms with Crippen LogP contribution in [0.5, 0.6) is 0 Å². The van der Waals surface area contributed by atoms with E-state index in [-0.39, 0.29) is 11.9 Å². The maximum absolute atomic E-state index is 12.8. The average molecular weight is 393 g/mol. The summed E-state index contributed by atoms with van der Waals surface area (Å²) >= 11 is 0. The monoisotopic (exact) mass is 392 g/mol. The lowest BCUT2D eigenvalue weighted by Gasteiger charge is -2.38. The van der Waals surface area contributed by atoms with E-state index >= 15 is 0 Å². The van der Waals surface area contributed by atoms with E-state index in [2.05, 4.69) is 52.3 Å². The molecule has 2 aromatic carbocycles. The number of likely N-dealkylation sites (N-methyl/N-ethyl adjacent to an activating group) is 2. The summed E-state index contributed by atoms with van der Waals surface area (Å²) in [6, 6.07) is 14.9. The maximum atomic E-state index is 12.8. The number of aryl methyl sites for hydroxylation is 1. The smallest absolute Gasteiger partial charge is 0.251 e. The standard InChI is InChI=1S/C24H32N4O/c1-18-6-4-5-7-21(18)24(29)25-17-23(28-14-12-26(2)13-15-28)19-8-9-22-20(16-19)10-11-27(22)3/h4-9,16,23H,10-15,17H2,1-3H3,(H,25,29)/t23-/m0/s1. The number of hydrogen-bond acceptors (Lipinski definition) is 4. The van der Waals surface area contributed by atoms with Gasteiger partial charge < -0.3 is 15.1 Å². The van der Waals surface area contributed by atoms with E-state index in [1.54, 1.807) is 0 Å². The Balaban J connectivity index is 1.54. The highest BCUT2D eigenvalue weighted by Gasteiger charge is 2.26. The summed E-state index contributed by atoms with van der Waals surface area (Å²) in [5.41, 5.74) is 5.86. The van der Waals surface area contributed by atoms with Crippen LogP contribution in [0.3, 0.4) is 0 Å². The number of piperazine rings is 1. The molecule has 0 spiro atoms. The minimum Gasteiger partial charge on any atom is -0.374 e. The van der Waals surface area contributed by atoms with Crippen molar-refractivity contribution < 1.29 is 4.79 Å². The summed E-state index contributed by atoms with van der Waals surface area (Å²) in [5, 5.41) is 3.22. The fourth-order valence-corrected chi connectivity index (χ4v) is 4.50. The maximum Gasteiger partial charge on any atom is 0.251 e. The summed E-state index contributed by atoms with van der Waals surface area (Å²) < 4.78 is 0. The van der Waals surface area contributed by atoms with Crippen molar-refractivity contribution in [1.82, 2.24) is 15.1 Å². The van der Waals surface area contributed by atoms with E-state index in [0.717, 1.165) is 50.3 Å². The summed E-state index contributed by atoms with van der Waals surface area (Å²) in [5.74, 6) is 0.0168. The highest BCUT2D eigenvalue weighted by atomic mass is 16.1. The molecule has 2 aromatic rings. The average Bonchev–Trinajstić information content (AvgIpc) is 3.10. The van der Waals surface area contributed by atoms with Crippen LogP contribution in [0.15, 0.2) is 42.5 Å². The molecule has 0 bridgehead atoms. The highest BCUT2D eigenvalue weighted by Crippen LogP contribution is 2.31. The van der Waals surface area contributed by atoms with Gasteiger partial charge in [0.15, 0.2) is 0 Å². The minimum absolute atomic E-state index is 0.0168. The zero-order valence-corrected chi connectivity index (χ0v) is 17.8. The number of nitrogens with one attached hydrogen (secondary N) is 1. The van der Waals surface area contributed by atoms with Crippen molar-refractivity contribution in [1.29, 1.82) is 0 Å². The van der Waals surface area contributed by atoms with Crippen molar-refractivity contribution in [2.75, 3.05) is 58.3 Å². The lowest BCUT2D eigenvalue weighted by atomic mass is 9.99. The second kappa shape index (κ2) is 8.56. The van der Waals surface area contributed by atoms with E-state index < -0.39 is 0 Å². The molecule has 5 nitrogen and oxygen atoms in total. The highest BCUT2D eigenvalue weighted by molar-refractivity contribution is 5.95. The number of anilines is 1. The van der Waals surface area contributed by atoms with Crippen molar-refractivity contribution in [2.45, 2.75) is 19.4 Å². The van der Waals surface area contributed by atoms with Crippen LogP contribution in [0.25, 0.3) is 0 Å². The van der Waals surface area contributed by atoms with Gasteiger partial charge in [0, 0.05) is 57.6 Å². The number of hydrogen-bond donors (Lipinski definition) is 1. The van der Waals surface area contributed by atoms with Crippen LogP contribution in [-0.2, 0) is 6.42 Å². The molecule has 0 aliphatic carbocycles. The van der Waals surface area contributed by atoms with E-state index in [1.807, 2.05) is 31.2 Å². The summed E-state index contributed by atoms with van der Waals surface area (Å²) in [6.07, 6.45) is 1.10. The Morgan fingerprint density at radius 2 is 1.79 bits per heavy atom. The van der Waals surface area contributed by atoms with Gasteiger partial charge in [-0.1, -0.05) is 30.3 Å². The normalized spacial score (nSPS) is 18.5. The van der Waals surface area contributed by atoms with Crippen LogP contribution in [0.4, 0.5) is 5.69 Å².